The van der Waals surface area contributed by atoms with E-state index in [4.69, 9.17) is 12.3 Å². The SMILES string of the molecule is C=C(C(CCCC)C(C)(C)CN(C)CCCC(C)(C)CN)C1(C)C=CC(C)=CC1. The molecule has 0 heterocycles. The highest BCUT2D eigenvalue weighted by atomic mass is 15.1. The quantitative estimate of drug-likeness (QED) is 0.336. The first-order chi connectivity index (χ1) is 13.4. The van der Waals surface area contributed by atoms with E-state index in [-0.39, 0.29) is 16.2 Å². The Balaban J connectivity index is 2.84. The summed E-state index contributed by atoms with van der Waals surface area (Å²) >= 11 is 0. The van der Waals surface area contributed by atoms with Gasteiger partial charge in [-0.2, -0.15) is 0 Å². The molecule has 0 bridgehead atoms. The maximum atomic E-state index is 5.90. The van der Waals surface area contributed by atoms with Crippen LogP contribution in [0.5, 0.6) is 0 Å². The van der Waals surface area contributed by atoms with Gasteiger partial charge in [-0.15, -0.1) is 0 Å². The van der Waals surface area contributed by atoms with Crippen molar-refractivity contribution in [1.29, 1.82) is 0 Å². The minimum atomic E-state index is 0.0823. The first-order valence-corrected chi connectivity index (χ1v) is 11.8. The summed E-state index contributed by atoms with van der Waals surface area (Å²) in [5, 5.41) is 0. The lowest BCUT2D eigenvalue weighted by Gasteiger charge is -2.44. The summed E-state index contributed by atoms with van der Waals surface area (Å²) in [6.07, 6.45) is 14.3. The van der Waals surface area contributed by atoms with Crippen LogP contribution in [0.15, 0.2) is 36.0 Å². The summed E-state index contributed by atoms with van der Waals surface area (Å²) in [6.45, 7) is 24.0. The minimum Gasteiger partial charge on any atom is -0.330 e. The standard InChI is InChI=1S/C27H50N2/c1-10-11-13-24(23(3)27(8)17-14-22(2)15-18-27)26(6,7)21-29(9)19-12-16-25(4,5)20-28/h14-15,17,24H,3,10-13,16,18-21,28H2,1-2,4-9H3. The second-order valence-corrected chi connectivity index (χ2v) is 11.3. The third kappa shape index (κ3) is 8.06. The van der Waals surface area contributed by atoms with Crippen LogP contribution >= 0.6 is 0 Å². The molecule has 2 nitrogen and oxygen atoms in total. The van der Waals surface area contributed by atoms with E-state index in [1.807, 2.05) is 0 Å². The summed E-state index contributed by atoms with van der Waals surface area (Å²) in [7, 11) is 2.28. The minimum absolute atomic E-state index is 0.0823. The van der Waals surface area contributed by atoms with Crippen LogP contribution in [-0.2, 0) is 0 Å². The lowest BCUT2D eigenvalue weighted by Crippen LogP contribution is -2.40. The number of unbranched alkanes of at least 4 members (excludes halogenated alkanes) is 1. The molecule has 1 aliphatic carbocycles. The van der Waals surface area contributed by atoms with Gasteiger partial charge in [-0.05, 0) is 69.5 Å². The molecular formula is C27H50N2. The fourth-order valence-corrected chi connectivity index (χ4v) is 4.72. The lowest BCUT2D eigenvalue weighted by atomic mass is 9.63. The van der Waals surface area contributed by atoms with Crippen molar-refractivity contribution in [3.05, 3.63) is 36.0 Å². The monoisotopic (exact) mass is 402 g/mol. The molecule has 2 atom stereocenters. The second kappa shape index (κ2) is 11.0. The molecule has 0 amide bonds. The number of nitrogens with two attached hydrogens (primary N) is 1. The molecule has 0 radical (unpaired) electrons. The summed E-state index contributed by atoms with van der Waals surface area (Å²) in [6, 6.07) is 0. The van der Waals surface area contributed by atoms with E-state index >= 15 is 0 Å². The number of hydrogen-bond acceptors (Lipinski definition) is 2. The number of rotatable bonds is 13. The van der Waals surface area contributed by atoms with Crippen molar-refractivity contribution in [1.82, 2.24) is 4.90 Å². The molecule has 2 heteroatoms. The highest BCUT2D eigenvalue weighted by molar-refractivity contribution is 5.32. The molecule has 1 rings (SSSR count). The molecule has 0 spiro atoms. The molecule has 0 aromatic rings. The topological polar surface area (TPSA) is 29.3 Å². The van der Waals surface area contributed by atoms with Gasteiger partial charge in [0, 0.05) is 12.0 Å². The average Bonchev–Trinajstić information content (AvgIpc) is 2.63. The summed E-state index contributed by atoms with van der Waals surface area (Å²) < 4.78 is 0. The molecular weight excluding hydrogens is 352 g/mol. The van der Waals surface area contributed by atoms with Gasteiger partial charge in [0.1, 0.15) is 0 Å². The second-order valence-electron chi connectivity index (χ2n) is 11.3. The van der Waals surface area contributed by atoms with Crippen molar-refractivity contribution in [2.75, 3.05) is 26.7 Å². The highest BCUT2D eigenvalue weighted by Gasteiger charge is 2.38. The van der Waals surface area contributed by atoms with Crippen molar-refractivity contribution in [2.24, 2.45) is 27.9 Å². The molecule has 29 heavy (non-hydrogen) atoms. The molecule has 0 fully saturated rings. The largest absolute Gasteiger partial charge is 0.330 e. The van der Waals surface area contributed by atoms with Crippen LogP contribution < -0.4 is 5.73 Å². The molecule has 168 valence electrons. The predicted molar refractivity (Wildman–Crippen MR) is 131 cm³/mol. The van der Waals surface area contributed by atoms with Crippen LogP contribution in [0, 0.1) is 22.2 Å². The Bertz CT molecular complexity index is 581. The van der Waals surface area contributed by atoms with Gasteiger partial charge in [-0.3, -0.25) is 0 Å². The number of hydrogen-bond donors (Lipinski definition) is 1. The maximum Gasteiger partial charge on any atom is 0.0101 e. The zero-order valence-electron chi connectivity index (χ0n) is 20.9. The van der Waals surface area contributed by atoms with Gasteiger partial charge in [-0.1, -0.05) is 90.3 Å². The van der Waals surface area contributed by atoms with Gasteiger partial charge < -0.3 is 10.6 Å². The van der Waals surface area contributed by atoms with Crippen LogP contribution in [0.2, 0.25) is 0 Å². The smallest absolute Gasteiger partial charge is 0.0101 e. The van der Waals surface area contributed by atoms with E-state index in [1.54, 1.807) is 0 Å². The van der Waals surface area contributed by atoms with E-state index in [9.17, 15) is 0 Å². The van der Waals surface area contributed by atoms with Gasteiger partial charge in [-0.25, -0.2) is 0 Å². The molecule has 0 aromatic heterocycles. The Morgan fingerprint density at radius 3 is 2.45 bits per heavy atom. The normalized spacial score (nSPS) is 21.4. The Labute approximate surface area is 182 Å². The van der Waals surface area contributed by atoms with Gasteiger partial charge in [0.2, 0.25) is 0 Å². The zero-order valence-corrected chi connectivity index (χ0v) is 20.9. The third-order valence-corrected chi connectivity index (χ3v) is 7.13. The fourth-order valence-electron chi connectivity index (χ4n) is 4.72. The third-order valence-electron chi connectivity index (χ3n) is 7.13. The van der Waals surface area contributed by atoms with Gasteiger partial charge >= 0.3 is 0 Å². The van der Waals surface area contributed by atoms with Crippen LogP contribution in [0.4, 0.5) is 0 Å². The van der Waals surface area contributed by atoms with E-state index < -0.39 is 0 Å². The molecule has 0 aliphatic heterocycles. The van der Waals surface area contributed by atoms with Gasteiger partial charge in [0.15, 0.2) is 0 Å². The van der Waals surface area contributed by atoms with Crippen molar-refractivity contribution >= 4 is 0 Å². The summed E-state index contributed by atoms with van der Waals surface area (Å²) in [4.78, 5) is 2.53. The first-order valence-electron chi connectivity index (χ1n) is 11.8. The van der Waals surface area contributed by atoms with Crippen molar-refractivity contribution in [3.63, 3.8) is 0 Å². The van der Waals surface area contributed by atoms with E-state index in [1.165, 1.54) is 43.3 Å². The van der Waals surface area contributed by atoms with Crippen LogP contribution in [0.25, 0.3) is 0 Å². The Hall–Kier alpha value is -0.860. The maximum absolute atomic E-state index is 5.90. The number of allylic oxidation sites excluding steroid dienone is 5. The predicted octanol–water partition coefficient (Wildman–Crippen LogP) is 6.98. The summed E-state index contributed by atoms with van der Waals surface area (Å²) in [5.74, 6) is 0.534. The zero-order chi connectivity index (χ0) is 22.3. The Morgan fingerprint density at radius 1 is 1.28 bits per heavy atom. The number of nitrogens with zero attached hydrogens (tertiary/aromatic N) is 1. The fraction of sp³-hybridized carbons (Fsp3) is 0.778. The van der Waals surface area contributed by atoms with Gasteiger partial charge in [0.25, 0.3) is 0 Å². The van der Waals surface area contributed by atoms with Gasteiger partial charge in [0.05, 0.1) is 0 Å². The first kappa shape index (κ1) is 26.2. The molecule has 0 saturated carbocycles. The van der Waals surface area contributed by atoms with E-state index in [0.29, 0.717) is 5.92 Å². The Kier molecular flexibility index (Phi) is 9.89. The summed E-state index contributed by atoms with van der Waals surface area (Å²) in [5.41, 5.74) is 9.24. The Morgan fingerprint density at radius 2 is 1.93 bits per heavy atom. The van der Waals surface area contributed by atoms with Crippen LogP contribution in [0.1, 0.15) is 87.0 Å². The molecule has 0 aromatic carbocycles. The average molecular weight is 403 g/mol. The molecule has 2 N–H and O–H groups in total. The molecule has 1 aliphatic rings. The van der Waals surface area contributed by atoms with Crippen LogP contribution in [-0.4, -0.2) is 31.6 Å². The van der Waals surface area contributed by atoms with Crippen LogP contribution in [0.3, 0.4) is 0 Å². The van der Waals surface area contributed by atoms with E-state index in [0.717, 1.165) is 26.1 Å². The lowest BCUT2D eigenvalue weighted by molar-refractivity contribution is 0.132. The molecule has 2 unspecified atom stereocenters. The van der Waals surface area contributed by atoms with Crippen molar-refractivity contribution in [3.8, 4) is 0 Å². The highest BCUT2D eigenvalue weighted by Crippen LogP contribution is 2.47. The van der Waals surface area contributed by atoms with E-state index in [2.05, 4.69) is 78.6 Å². The molecule has 0 saturated heterocycles. The van der Waals surface area contributed by atoms with Crippen molar-refractivity contribution < 1.29 is 0 Å². The van der Waals surface area contributed by atoms with Crippen molar-refractivity contribution in [2.45, 2.75) is 87.0 Å².